The van der Waals surface area contributed by atoms with Gasteiger partial charge in [0.05, 0.1) is 4.92 Å². The standard InChI is InChI=1S/C12H15BrClNO2/c1-4-10(13)8(3)9-6-11(14)12(15(16)17)5-7(9)2/h5-6,8,10H,4H2,1-3H3. The molecule has 0 saturated carbocycles. The molecule has 5 heteroatoms. The second-order valence-electron chi connectivity index (χ2n) is 4.13. The molecule has 1 aromatic rings. The van der Waals surface area contributed by atoms with Crippen LogP contribution in [-0.4, -0.2) is 9.75 Å². The quantitative estimate of drug-likeness (QED) is 0.453. The summed E-state index contributed by atoms with van der Waals surface area (Å²) in [4.78, 5) is 10.7. The van der Waals surface area contributed by atoms with Gasteiger partial charge in [0, 0.05) is 10.9 Å². The molecule has 1 rings (SSSR count). The number of hydrogen-bond donors (Lipinski definition) is 0. The van der Waals surface area contributed by atoms with Crippen LogP contribution in [-0.2, 0) is 0 Å². The van der Waals surface area contributed by atoms with E-state index in [1.807, 2.05) is 6.92 Å². The van der Waals surface area contributed by atoms with E-state index in [0.717, 1.165) is 17.5 Å². The fraction of sp³-hybridized carbons (Fsp3) is 0.500. The molecule has 2 atom stereocenters. The van der Waals surface area contributed by atoms with Crippen molar-refractivity contribution in [3.05, 3.63) is 38.4 Å². The molecule has 1 aromatic carbocycles. The highest BCUT2D eigenvalue weighted by Crippen LogP contribution is 2.35. The predicted molar refractivity (Wildman–Crippen MR) is 74.3 cm³/mol. The number of aryl methyl sites for hydroxylation is 1. The second kappa shape index (κ2) is 5.83. The molecule has 17 heavy (non-hydrogen) atoms. The van der Waals surface area contributed by atoms with Crippen molar-refractivity contribution in [1.29, 1.82) is 0 Å². The van der Waals surface area contributed by atoms with E-state index in [2.05, 4.69) is 29.8 Å². The van der Waals surface area contributed by atoms with Crippen molar-refractivity contribution in [3.63, 3.8) is 0 Å². The molecule has 0 fully saturated rings. The third kappa shape index (κ3) is 3.19. The van der Waals surface area contributed by atoms with Crippen LogP contribution in [0.2, 0.25) is 5.02 Å². The van der Waals surface area contributed by atoms with Crippen LogP contribution in [0.5, 0.6) is 0 Å². The van der Waals surface area contributed by atoms with E-state index < -0.39 is 4.92 Å². The van der Waals surface area contributed by atoms with Crippen molar-refractivity contribution >= 4 is 33.2 Å². The molecule has 0 amide bonds. The summed E-state index contributed by atoms with van der Waals surface area (Å²) in [5.74, 6) is 0.276. The number of nitro groups is 1. The predicted octanol–water partition coefficient (Wildman–Crippen LogP) is 4.83. The SMILES string of the molecule is CCC(Br)C(C)c1cc(Cl)c([N+](=O)[O-])cc1C. The Hall–Kier alpha value is -0.610. The summed E-state index contributed by atoms with van der Waals surface area (Å²) in [7, 11) is 0. The van der Waals surface area contributed by atoms with Crippen molar-refractivity contribution in [2.45, 2.75) is 37.9 Å². The van der Waals surface area contributed by atoms with Crippen LogP contribution in [0.4, 0.5) is 5.69 Å². The molecular weight excluding hydrogens is 305 g/mol. The Labute approximate surface area is 114 Å². The van der Waals surface area contributed by atoms with Gasteiger partial charge in [0.25, 0.3) is 5.69 Å². The third-order valence-electron chi connectivity index (χ3n) is 2.96. The number of nitro benzene ring substituents is 1. The zero-order valence-corrected chi connectivity index (χ0v) is 12.4. The summed E-state index contributed by atoms with van der Waals surface area (Å²) in [6.45, 7) is 6.07. The fourth-order valence-electron chi connectivity index (χ4n) is 1.86. The highest BCUT2D eigenvalue weighted by molar-refractivity contribution is 9.09. The topological polar surface area (TPSA) is 43.1 Å². The van der Waals surface area contributed by atoms with Crippen LogP contribution in [0.3, 0.4) is 0 Å². The van der Waals surface area contributed by atoms with E-state index in [1.54, 1.807) is 12.1 Å². The van der Waals surface area contributed by atoms with Crippen molar-refractivity contribution in [1.82, 2.24) is 0 Å². The lowest BCUT2D eigenvalue weighted by Gasteiger charge is -2.19. The molecule has 0 saturated heterocycles. The molecule has 0 radical (unpaired) electrons. The number of halogens is 2. The van der Waals surface area contributed by atoms with Gasteiger partial charge in [0.1, 0.15) is 5.02 Å². The number of benzene rings is 1. The fourth-order valence-corrected chi connectivity index (χ4v) is 2.39. The first-order chi connectivity index (χ1) is 7.88. The maximum absolute atomic E-state index is 10.8. The Kier molecular flexibility index (Phi) is 4.95. The Morgan fingerprint density at radius 3 is 2.59 bits per heavy atom. The van der Waals surface area contributed by atoms with Crippen LogP contribution in [0.25, 0.3) is 0 Å². The van der Waals surface area contributed by atoms with E-state index in [9.17, 15) is 10.1 Å². The Morgan fingerprint density at radius 1 is 1.53 bits per heavy atom. The van der Waals surface area contributed by atoms with Crippen molar-refractivity contribution < 1.29 is 4.92 Å². The maximum Gasteiger partial charge on any atom is 0.288 e. The van der Waals surface area contributed by atoms with Gasteiger partial charge in [-0.25, -0.2) is 0 Å². The molecule has 0 aromatic heterocycles. The average molecular weight is 321 g/mol. The first-order valence-corrected chi connectivity index (χ1v) is 6.76. The first kappa shape index (κ1) is 14.5. The molecule has 0 aliphatic carbocycles. The van der Waals surface area contributed by atoms with Crippen molar-refractivity contribution in [2.24, 2.45) is 0 Å². The highest BCUT2D eigenvalue weighted by Gasteiger charge is 2.21. The van der Waals surface area contributed by atoms with Crippen molar-refractivity contribution in [2.75, 3.05) is 0 Å². The molecule has 0 bridgehead atoms. The summed E-state index contributed by atoms with van der Waals surface area (Å²) >= 11 is 9.54. The van der Waals surface area contributed by atoms with Gasteiger partial charge in [-0.2, -0.15) is 0 Å². The van der Waals surface area contributed by atoms with E-state index >= 15 is 0 Å². The summed E-state index contributed by atoms with van der Waals surface area (Å²) in [6.07, 6.45) is 0.995. The summed E-state index contributed by atoms with van der Waals surface area (Å²) in [5, 5.41) is 11.0. The van der Waals surface area contributed by atoms with E-state index in [-0.39, 0.29) is 16.6 Å². The minimum Gasteiger partial charge on any atom is -0.258 e. The lowest BCUT2D eigenvalue weighted by molar-refractivity contribution is -0.384. The molecule has 0 N–H and O–H groups in total. The first-order valence-electron chi connectivity index (χ1n) is 5.47. The highest BCUT2D eigenvalue weighted by atomic mass is 79.9. The number of nitrogens with zero attached hydrogens (tertiary/aromatic N) is 1. The van der Waals surface area contributed by atoms with Gasteiger partial charge in [0.2, 0.25) is 0 Å². The third-order valence-corrected chi connectivity index (χ3v) is 4.70. The molecular formula is C12H15BrClNO2. The van der Waals surface area contributed by atoms with Crippen LogP contribution < -0.4 is 0 Å². The summed E-state index contributed by atoms with van der Waals surface area (Å²) < 4.78 is 0. The van der Waals surface area contributed by atoms with E-state index in [0.29, 0.717) is 4.83 Å². The molecule has 2 unspecified atom stereocenters. The number of rotatable bonds is 4. The summed E-state index contributed by atoms with van der Waals surface area (Å²) in [6, 6.07) is 3.26. The smallest absolute Gasteiger partial charge is 0.258 e. The lowest BCUT2D eigenvalue weighted by Crippen LogP contribution is -2.09. The minimum absolute atomic E-state index is 0.0252. The average Bonchev–Trinajstić information content (AvgIpc) is 2.29. The Bertz CT molecular complexity index is 437. The van der Waals surface area contributed by atoms with Crippen molar-refractivity contribution in [3.8, 4) is 0 Å². The number of alkyl halides is 1. The molecule has 3 nitrogen and oxygen atoms in total. The Balaban J connectivity index is 3.20. The number of hydrogen-bond acceptors (Lipinski definition) is 2. The molecule has 94 valence electrons. The van der Waals surface area contributed by atoms with Gasteiger partial charge >= 0.3 is 0 Å². The molecule has 0 spiro atoms. The van der Waals surface area contributed by atoms with Gasteiger partial charge in [-0.1, -0.05) is 41.4 Å². The van der Waals surface area contributed by atoms with Crippen LogP contribution in [0, 0.1) is 17.0 Å². The van der Waals surface area contributed by atoms with E-state index in [1.165, 1.54) is 0 Å². The molecule has 0 heterocycles. The van der Waals surface area contributed by atoms with Gasteiger partial charge in [-0.05, 0) is 36.5 Å². The minimum atomic E-state index is -0.449. The zero-order valence-electron chi connectivity index (χ0n) is 10.0. The van der Waals surface area contributed by atoms with Crippen LogP contribution in [0.15, 0.2) is 12.1 Å². The van der Waals surface area contributed by atoms with Crippen LogP contribution >= 0.6 is 27.5 Å². The van der Waals surface area contributed by atoms with Gasteiger partial charge in [0.15, 0.2) is 0 Å². The molecule has 0 aliphatic heterocycles. The van der Waals surface area contributed by atoms with E-state index in [4.69, 9.17) is 11.6 Å². The lowest BCUT2D eigenvalue weighted by atomic mass is 9.92. The van der Waals surface area contributed by atoms with Gasteiger partial charge < -0.3 is 0 Å². The Morgan fingerprint density at radius 2 is 2.12 bits per heavy atom. The summed E-state index contributed by atoms with van der Waals surface area (Å²) in [5.41, 5.74) is 1.94. The normalized spacial score (nSPS) is 14.4. The largest absolute Gasteiger partial charge is 0.288 e. The monoisotopic (exact) mass is 319 g/mol. The molecule has 0 aliphatic rings. The zero-order chi connectivity index (χ0) is 13.2. The van der Waals surface area contributed by atoms with Gasteiger partial charge in [-0.3, -0.25) is 10.1 Å². The second-order valence-corrected chi connectivity index (χ2v) is 5.71. The maximum atomic E-state index is 10.8. The van der Waals surface area contributed by atoms with Crippen LogP contribution in [0.1, 0.15) is 37.3 Å². The van der Waals surface area contributed by atoms with Gasteiger partial charge in [-0.15, -0.1) is 0 Å².